The maximum atomic E-state index is 11.6. The van der Waals surface area contributed by atoms with Crippen molar-refractivity contribution >= 4 is 33.8 Å². The minimum absolute atomic E-state index is 0.103. The molecule has 0 aliphatic carbocycles. The van der Waals surface area contributed by atoms with Gasteiger partial charge in [-0.05, 0) is 47.9 Å². The van der Waals surface area contributed by atoms with Gasteiger partial charge in [-0.25, -0.2) is 4.63 Å². The third kappa shape index (κ3) is 3.61. The molecule has 1 atom stereocenters. The van der Waals surface area contributed by atoms with Crippen LogP contribution in [0.3, 0.4) is 0 Å². The summed E-state index contributed by atoms with van der Waals surface area (Å²) in [6.07, 6.45) is 0. The topological polar surface area (TPSA) is 121 Å². The molecule has 0 amide bonds. The van der Waals surface area contributed by atoms with Gasteiger partial charge in [0.1, 0.15) is 5.69 Å². The lowest BCUT2D eigenvalue weighted by Gasteiger charge is -2.42. The van der Waals surface area contributed by atoms with Gasteiger partial charge in [-0.1, -0.05) is 12.1 Å². The van der Waals surface area contributed by atoms with E-state index in [2.05, 4.69) is 63.5 Å². The van der Waals surface area contributed by atoms with E-state index in [0.717, 1.165) is 18.8 Å². The minimum atomic E-state index is -0.506. The number of fused-ring (bicyclic) bond motifs is 1. The average molecular weight is 412 g/mol. The van der Waals surface area contributed by atoms with Crippen LogP contribution in [0.25, 0.3) is 11.0 Å². The minimum Gasteiger partial charge on any atom is -0.395 e. The highest BCUT2D eigenvalue weighted by atomic mass is 16.6. The molecule has 0 radical (unpaired) electrons. The molecule has 0 unspecified atom stereocenters. The monoisotopic (exact) mass is 412 g/mol. The maximum absolute atomic E-state index is 11.6. The molecule has 1 aliphatic rings. The molecule has 1 fully saturated rings. The van der Waals surface area contributed by atoms with E-state index in [1.807, 2.05) is 0 Å². The predicted molar refractivity (Wildman–Crippen MR) is 114 cm³/mol. The Morgan fingerprint density at radius 2 is 2.10 bits per heavy atom. The molecule has 158 valence electrons. The van der Waals surface area contributed by atoms with Gasteiger partial charge in [0.25, 0.3) is 0 Å². The lowest BCUT2D eigenvalue weighted by Crippen LogP contribution is -2.52. The van der Waals surface area contributed by atoms with Crippen LogP contribution in [0, 0.1) is 17.0 Å². The summed E-state index contributed by atoms with van der Waals surface area (Å²) in [5.41, 5.74) is 3.69. The number of nitro benzene ring substituents is 1. The summed E-state index contributed by atoms with van der Waals surface area (Å²) in [4.78, 5) is 15.6. The van der Waals surface area contributed by atoms with E-state index in [0.29, 0.717) is 17.7 Å². The number of aromatic nitrogens is 2. The highest BCUT2D eigenvalue weighted by Crippen LogP contribution is 2.39. The molecule has 4 rings (SSSR count). The zero-order valence-electron chi connectivity index (χ0n) is 16.9. The largest absolute Gasteiger partial charge is 0.395 e. The smallest absolute Gasteiger partial charge is 0.323 e. The molecular formula is C20H24N6O4. The number of nitrogens with zero attached hydrogens (tertiary/aromatic N) is 5. The summed E-state index contributed by atoms with van der Waals surface area (Å²) in [6, 6.07) is 10.4. The molecule has 2 aromatic carbocycles. The normalized spacial score (nSPS) is 16.8. The first kappa shape index (κ1) is 19.9. The van der Waals surface area contributed by atoms with Crippen molar-refractivity contribution in [3.05, 3.63) is 46.0 Å². The van der Waals surface area contributed by atoms with Crippen LogP contribution in [0.4, 0.5) is 22.7 Å². The first-order chi connectivity index (χ1) is 14.5. The number of hydrogen-bond donors (Lipinski definition) is 2. The number of anilines is 3. The predicted octanol–water partition coefficient (Wildman–Crippen LogP) is 2.56. The Hall–Kier alpha value is -3.40. The molecule has 1 aromatic heterocycles. The third-order valence-electron chi connectivity index (χ3n) is 5.40. The summed E-state index contributed by atoms with van der Waals surface area (Å²) >= 11 is 0. The fourth-order valence-electron chi connectivity index (χ4n) is 4.03. The van der Waals surface area contributed by atoms with Crippen LogP contribution in [-0.4, -0.2) is 59.2 Å². The molecule has 0 spiro atoms. The number of nitro groups is 1. The van der Waals surface area contributed by atoms with Crippen molar-refractivity contribution in [1.82, 2.24) is 10.3 Å². The first-order valence-corrected chi connectivity index (χ1v) is 9.86. The lowest BCUT2D eigenvalue weighted by atomic mass is 10.1. The number of hydrogen-bond acceptors (Lipinski definition) is 9. The van der Waals surface area contributed by atoms with Gasteiger partial charge in [0.2, 0.25) is 5.52 Å². The van der Waals surface area contributed by atoms with Crippen LogP contribution in [0.2, 0.25) is 0 Å². The number of aliphatic hydroxyl groups excluding tert-OH is 1. The summed E-state index contributed by atoms with van der Waals surface area (Å²) < 4.78 is 4.86. The van der Waals surface area contributed by atoms with E-state index in [4.69, 9.17) is 9.74 Å². The summed E-state index contributed by atoms with van der Waals surface area (Å²) in [5.74, 6) is 0. The van der Waals surface area contributed by atoms with Crippen molar-refractivity contribution in [3.63, 3.8) is 0 Å². The van der Waals surface area contributed by atoms with Gasteiger partial charge < -0.3 is 20.2 Å². The molecule has 3 aromatic rings. The Balaban J connectivity index is 1.67. The first-order valence-electron chi connectivity index (χ1n) is 9.86. The van der Waals surface area contributed by atoms with Crippen molar-refractivity contribution in [2.24, 2.45) is 0 Å². The van der Waals surface area contributed by atoms with Gasteiger partial charge in [-0.2, -0.15) is 0 Å². The Morgan fingerprint density at radius 3 is 2.80 bits per heavy atom. The number of aliphatic hydroxyl groups is 1. The number of rotatable bonds is 6. The molecule has 1 aliphatic heterocycles. The Bertz CT molecular complexity index is 1070. The van der Waals surface area contributed by atoms with Gasteiger partial charge in [0, 0.05) is 37.9 Å². The van der Waals surface area contributed by atoms with Crippen molar-refractivity contribution in [2.75, 3.05) is 47.9 Å². The Morgan fingerprint density at radius 1 is 1.30 bits per heavy atom. The highest BCUT2D eigenvalue weighted by molar-refractivity contribution is 5.99. The number of aryl methyl sites for hydroxylation is 1. The van der Waals surface area contributed by atoms with E-state index in [9.17, 15) is 10.1 Å². The average Bonchev–Trinajstić information content (AvgIpc) is 3.20. The Kier molecular flexibility index (Phi) is 5.40. The highest BCUT2D eigenvalue weighted by Gasteiger charge is 2.31. The second-order valence-electron chi connectivity index (χ2n) is 7.49. The molecule has 2 heterocycles. The van der Waals surface area contributed by atoms with Gasteiger partial charge in [-0.15, -0.1) is 0 Å². The quantitative estimate of drug-likeness (QED) is 0.465. The number of piperazine rings is 1. The van der Waals surface area contributed by atoms with Crippen LogP contribution in [-0.2, 0) is 0 Å². The van der Waals surface area contributed by atoms with Crippen molar-refractivity contribution in [2.45, 2.75) is 19.9 Å². The lowest BCUT2D eigenvalue weighted by molar-refractivity contribution is -0.382. The summed E-state index contributed by atoms with van der Waals surface area (Å²) in [6.45, 7) is 6.51. The fraction of sp³-hybridized carbons (Fsp3) is 0.400. The zero-order valence-corrected chi connectivity index (χ0v) is 16.9. The summed E-state index contributed by atoms with van der Waals surface area (Å²) in [7, 11) is 0. The van der Waals surface area contributed by atoms with Crippen LogP contribution in [0.5, 0.6) is 0 Å². The van der Waals surface area contributed by atoms with E-state index in [-0.39, 0.29) is 30.4 Å². The number of benzene rings is 2. The third-order valence-corrected chi connectivity index (χ3v) is 5.40. The van der Waals surface area contributed by atoms with Gasteiger partial charge in [0.05, 0.1) is 17.2 Å². The maximum Gasteiger partial charge on any atom is 0.323 e. The molecule has 0 bridgehead atoms. The van der Waals surface area contributed by atoms with Crippen molar-refractivity contribution in [3.8, 4) is 0 Å². The zero-order chi connectivity index (χ0) is 21.3. The second-order valence-corrected chi connectivity index (χ2v) is 7.49. The van der Waals surface area contributed by atoms with Crippen LogP contribution >= 0.6 is 0 Å². The van der Waals surface area contributed by atoms with Crippen LogP contribution < -0.4 is 15.1 Å². The molecule has 30 heavy (non-hydrogen) atoms. The SMILES string of the molecule is Cc1cccc(N2CCN(c3cc(NCCO)c([N+](=O)[O-])c4nonc34)C[C@@H]2C)c1. The van der Waals surface area contributed by atoms with Crippen molar-refractivity contribution in [1.29, 1.82) is 0 Å². The van der Waals surface area contributed by atoms with Crippen molar-refractivity contribution < 1.29 is 14.7 Å². The Labute approximate surface area is 173 Å². The van der Waals surface area contributed by atoms with E-state index < -0.39 is 4.92 Å². The number of nitrogens with one attached hydrogen (secondary N) is 1. The molecule has 0 saturated carbocycles. The fourth-order valence-corrected chi connectivity index (χ4v) is 4.03. The van der Waals surface area contributed by atoms with Gasteiger partial charge in [-0.3, -0.25) is 10.1 Å². The van der Waals surface area contributed by atoms with Crippen LogP contribution in [0.15, 0.2) is 35.0 Å². The van der Waals surface area contributed by atoms with Gasteiger partial charge >= 0.3 is 5.69 Å². The summed E-state index contributed by atoms with van der Waals surface area (Å²) in [5, 5.41) is 31.4. The van der Waals surface area contributed by atoms with E-state index >= 15 is 0 Å². The molecule has 10 nitrogen and oxygen atoms in total. The molecule has 2 N–H and O–H groups in total. The molecule has 1 saturated heterocycles. The van der Waals surface area contributed by atoms with E-state index in [1.165, 1.54) is 11.3 Å². The van der Waals surface area contributed by atoms with Crippen LogP contribution in [0.1, 0.15) is 12.5 Å². The van der Waals surface area contributed by atoms with E-state index in [1.54, 1.807) is 6.07 Å². The molecule has 10 heteroatoms. The standard InChI is InChI=1S/C20H24N6O4/c1-13-4-3-5-15(10-13)25-8-7-24(12-14(25)2)17-11-16(21-6-9-27)20(26(28)29)19-18(17)22-30-23-19/h3-5,10-11,14,21,27H,6-9,12H2,1-2H3/t14-/m0/s1. The molecular weight excluding hydrogens is 388 g/mol. The second kappa shape index (κ2) is 8.15. The van der Waals surface area contributed by atoms with Gasteiger partial charge in [0.15, 0.2) is 5.52 Å².